The molecule has 4 rings (SSSR count). The Balaban J connectivity index is 0.000000476. The molecule has 0 spiro atoms. The van der Waals surface area contributed by atoms with Crippen LogP contribution in [0.5, 0.6) is 0 Å². The number of rotatable bonds is 12. The summed E-state index contributed by atoms with van der Waals surface area (Å²) in [6.07, 6.45) is 2.35. The average Bonchev–Trinajstić information content (AvgIpc) is 3.77. The largest absolute Gasteiger partial charge is 0.477 e. The van der Waals surface area contributed by atoms with E-state index in [1.54, 1.807) is 12.1 Å². The van der Waals surface area contributed by atoms with Gasteiger partial charge in [-0.15, -0.1) is 35.1 Å². The lowest BCUT2D eigenvalue weighted by Crippen LogP contribution is -2.44. The molecule has 320 valence electrons. The van der Waals surface area contributed by atoms with Crippen LogP contribution in [-0.4, -0.2) is 64.1 Å². The van der Waals surface area contributed by atoms with E-state index in [2.05, 4.69) is 73.4 Å². The topological polar surface area (TPSA) is 207 Å². The number of aromatic carboxylic acids is 1. The molecule has 2 atom stereocenters. The lowest BCUT2D eigenvalue weighted by Gasteiger charge is -2.16. The van der Waals surface area contributed by atoms with Crippen LogP contribution in [0.3, 0.4) is 0 Å². The van der Waals surface area contributed by atoms with Crippen molar-refractivity contribution in [2.45, 2.75) is 77.7 Å². The first-order valence-electron chi connectivity index (χ1n) is 17.3. The van der Waals surface area contributed by atoms with Gasteiger partial charge in [0.05, 0.1) is 29.3 Å². The van der Waals surface area contributed by atoms with Gasteiger partial charge in [-0.25, -0.2) is 21.6 Å². The minimum Gasteiger partial charge on any atom is -0.477 e. The fourth-order valence-electron chi connectivity index (χ4n) is 4.73. The van der Waals surface area contributed by atoms with Gasteiger partial charge in [0.15, 0.2) is 5.78 Å². The SMILES string of the molecule is CC(C)(C)c1ccc(C(=O)C[C@@H](Cc2ccc(Br)cc2)C(=O)NS(C)(=O)=O)s1.CC(C)(C)c1ccc(C(=O)O)s1.CS(=O)(=O)NC(=O)[C@@H](N)Cc1ccc(Br)cc1.Cl. The highest BCUT2D eigenvalue weighted by Gasteiger charge is 2.27. The maximum Gasteiger partial charge on any atom is 0.345 e. The molecule has 4 aromatic rings. The van der Waals surface area contributed by atoms with E-state index in [1.807, 2.05) is 70.1 Å². The van der Waals surface area contributed by atoms with E-state index in [9.17, 15) is 36.0 Å². The zero-order valence-corrected chi connectivity index (χ0v) is 40.5. The number of benzene rings is 2. The standard InChI is InChI=1S/C20H24BrNO4S2.C10H13BrN2O3S.C9H12O2S.ClH/c1-20(2,3)18-10-9-17(27-18)16(23)12-14(19(24)22-28(4,25)26)11-13-5-7-15(21)8-6-13;1-17(15,16)13-10(14)9(12)6-7-2-4-8(11)5-3-7;1-9(2,3)7-5-4-6(12-7)8(10)11;/h5-10,14H,11-12H2,1-4H3,(H,22,24);2-5,9H,6,12H2,1H3,(H,13,14);4-5H,1-3H3,(H,10,11);1H/t14-;9-;;/m10../s1. The number of carboxylic acids is 1. The monoisotopic (exact) mass is 1030 g/mol. The normalized spacial score (nSPS) is 12.6. The first-order chi connectivity index (χ1) is 26.0. The number of amides is 2. The number of carbonyl (C=O) groups excluding carboxylic acids is 3. The summed E-state index contributed by atoms with van der Waals surface area (Å²) in [5, 5.41) is 8.67. The summed E-state index contributed by atoms with van der Waals surface area (Å²) in [5.41, 5.74) is 7.32. The molecular formula is C39H50Br2ClN3O9S4. The van der Waals surface area contributed by atoms with Crippen LogP contribution in [0.15, 0.2) is 81.7 Å². The third kappa shape index (κ3) is 19.9. The molecule has 2 amide bonds. The first kappa shape index (κ1) is 53.0. The lowest BCUT2D eigenvalue weighted by molar-refractivity contribution is -0.123. The molecule has 0 saturated heterocycles. The Morgan fingerprint density at radius 3 is 1.40 bits per heavy atom. The molecule has 0 fully saturated rings. The fraction of sp³-hybridized carbons (Fsp3) is 0.385. The van der Waals surface area contributed by atoms with E-state index >= 15 is 0 Å². The van der Waals surface area contributed by atoms with Crippen molar-refractivity contribution >= 4 is 111 Å². The highest BCUT2D eigenvalue weighted by atomic mass is 79.9. The predicted octanol–water partition coefficient (Wildman–Crippen LogP) is 7.88. The minimum atomic E-state index is -3.70. The quantitative estimate of drug-likeness (QED) is 0.101. The summed E-state index contributed by atoms with van der Waals surface area (Å²) in [6.45, 7) is 12.4. The van der Waals surface area contributed by atoms with Crippen LogP contribution in [-0.2, 0) is 53.3 Å². The Bertz CT molecular complexity index is 2230. The van der Waals surface area contributed by atoms with E-state index in [0.717, 1.165) is 42.3 Å². The summed E-state index contributed by atoms with van der Waals surface area (Å²) in [7, 11) is -7.25. The van der Waals surface area contributed by atoms with Crippen molar-refractivity contribution in [2.75, 3.05) is 12.5 Å². The van der Waals surface area contributed by atoms with Crippen molar-refractivity contribution < 1.29 is 41.1 Å². The number of ketones is 1. The summed E-state index contributed by atoms with van der Waals surface area (Å²) < 4.78 is 50.4. The van der Waals surface area contributed by atoms with Crippen LogP contribution < -0.4 is 15.2 Å². The van der Waals surface area contributed by atoms with Gasteiger partial charge in [-0.3, -0.25) is 23.8 Å². The number of hydrogen-bond acceptors (Lipinski definition) is 11. The van der Waals surface area contributed by atoms with Crippen LogP contribution >= 0.6 is 66.9 Å². The number of carbonyl (C=O) groups is 4. The molecule has 0 unspecified atom stereocenters. The van der Waals surface area contributed by atoms with Crippen molar-refractivity contribution in [3.05, 3.63) is 112 Å². The third-order valence-corrected chi connectivity index (χ3v) is 12.9. The Kier molecular flexibility index (Phi) is 20.7. The number of nitrogens with one attached hydrogen (secondary N) is 2. The van der Waals surface area contributed by atoms with Gasteiger partial charge in [-0.2, -0.15) is 0 Å². The molecule has 12 nitrogen and oxygen atoms in total. The summed E-state index contributed by atoms with van der Waals surface area (Å²) in [5.74, 6) is -3.13. The Hall–Kier alpha value is -2.97. The molecule has 0 aliphatic heterocycles. The molecule has 2 aromatic heterocycles. The minimum absolute atomic E-state index is 0. The van der Waals surface area contributed by atoms with Gasteiger partial charge in [0.2, 0.25) is 26.0 Å². The molecule has 0 saturated carbocycles. The molecule has 0 aliphatic rings. The second-order valence-electron chi connectivity index (χ2n) is 15.2. The van der Waals surface area contributed by atoms with Crippen LogP contribution in [0.25, 0.3) is 0 Å². The van der Waals surface area contributed by atoms with Gasteiger partial charge < -0.3 is 10.8 Å². The summed E-state index contributed by atoms with van der Waals surface area (Å²) in [4.78, 5) is 50.4. The van der Waals surface area contributed by atoms with E-state index in [1.165, 1.54) is 22.7 Å². The first-order valence-corrected chi connectivity index (χ1v) is 24.3. The Morgan fingerprint density at radius 1 is 0.655 bits per heavy atom. The van der Waals surface area contributed by atoms with Crippen molar-refractivity contribution in [1.82, 2.24) is 9.44 Å². The molecule has 58 heavy (non-hydrogen) atoms. The van der Waals surface area contributed by atoms with Gasteiger partial charge in [0.1, 0.15) is 4.88 Å². The fourth-order valence-corrected chi connectivity index (χ4v) is 8.22. The average molecular weight is 1030 g/mol. The van der Waals surface area contributed by atoms with Gasteiger partial charge in [0.25, 0.3) is 5.91 Å². The Morgan fingerprint density at radius 2 is 1.03 bits per heavy atom. The van der Waals surface area contributed by atoms with Crippen LogP contribution in [0.1, 0.15) is 88.2 Å². The molecular weight excluding hydrogens is 978 g/mol. The number of sulfonamides is 2. The molecule has 2 aromatic carbocycles. The van der Waals surface area contributed by atoms with E-state index < -0.39 is 49.8 Å². The highest BCUT2D eigenvalue weighted by molar-refractivity contribution is 9.10. The Labute approximate surface area is 372 Å². The molecule has 2 heterocycles. The number of nitrogens with two attached hydrogens (primary N) is 1. The third-order valence-electron chi connectivity index (χ3n) is 7.65. The van der Waals surface area contributed by atoms with Crippen LogP contribution in [0.2, 0.25) is 0 Å². The number of Topliss-reactive ketones (excluding diaryl/α,β-unsaturated/α-hetero) is 1. The van der Waals surface area contributed by atoms with Gasteiger partial charge in [0, 0.05) is 25.1 Å². The van der Waals surface area contributed by atoms with Crippen LogP contribution in [0, 0.1) is 5.92 Å². The molecule has 0 bridgehead atoms. The van der Waals surface area contributed by atoms with Gasteiger partial charge >= 0.3 is 5.97 Å². The van der Waals surface area contributed by atoms with E-state index in [4.69, 9.17) is 10.8 Å². The maximum absolute atomic E-state index is 12.8. The number of carboxylic acid groups (broad SMARTS) is 1. The van der Waals surface area contributed by atoms with E-state index in [0.29, 0.717) is 9.75 Å². The van der Waals surface area contributed by atoms with Crippen molar-refractivity contribution in [3.8, 4) is 0 Å². The molecule has 0 aliphatic carbocycles. The lowest BCUT2D eigenvalue weighted by atomic mass is 9.93. The second kappa shape index (κ2) is 22.6. The van der Waals surface area contributed by atoms with Crippen LogP contribution in [0.4, 0.5) is 0 Å². The smallest absolute Gasteiger partial charge is 0.345 e. The number of hydrogen-bond donors (Lipinski definition) is 4. The number of thiophene rings is 2. The number of halogens is 3. The zero-order valence-electron chi connectivity index (χ0n) is 33.3. The van der Waals surface area contributed by atoms with Crippen molar-refractivity contribution in [2.24, 2.45) is 11.7 Å². The second-order valence-corrected chi connectivity index (χ2v) is 22.7. The van der Waals surface area contributed by atoms with Crippen molar-refractivity contribution in [1.29, 1.82) is 0 Å². The zero-order chi connectivity index (χ0) is 43.5. The summed E-state index contributed by atoms with van der Waals surface area (Å²) >= 11 is 9.41. The molecule has 19 heteroatoms. The summed E-state index contributed by atoms with van der Waals surface area (Å²) in [6, 6.07) is 21.0. The maximum atomic E-state index is 12.8. The highest BCUT2D eigenvalue weighted by Crippen LogP contribution is 2.31. The van der Waals surface area contributed by atoms with Gasteiger partial charge in [-0.1, -0.05) is 97.7 Å². The molecule has 0 radical (unpaired) electrons. The van der Waals surface area contributed by atoms with Gasteiger partial charge in [-0.05, 0) is 83.3 Å². The van der Waals surface area contributed by atoms with E-state index in [-0.39, 0.29) is 48.3 Å². The predicted molar refractivity (Wildman–Crippen MR) is 242 cm³/mol. The van der Waals surface area contributed by atoms with Crippen molar-refractivity contribution in [3.63, 3.8) is 0 Å². The molecule has 5 N–H and O–H groups in total.